The van der Waals surface area contributed by atoms with Crippen LogP contribution in [0.2, 0.25) is 0 Å². The van der Waals surface area contributed by atoms with Crippen molar-refractivity contribution in [3.05, 3.63) is 22.9 Å². The highest BCUT2D eigenvalue weighted by molar-refractivity contribution is 5.82. The Morgan fingerprint density at radius 2 is 2.44 bits per heavy atom. The number of aromatic amines is 1. The molecular formula is C8H10N6O2. The van der Waals surface area contributed by atoms with Crippen molar-refractivity contribution in [2.24, 2.45) is 5.73 Å². The number of nitrogens with zero attached hydrogens (tertiary/aromatic N) is 3. The molecule has 0 bridgehead atoms. The predicted molar refractivity (Wildman–Crippen MR) is 55.9 cm³/mol. The number of amides is 1. The lowest BCUT2D eigenvalue weighted by atomic mass is 10.3. The number of hydrogen-bond donors (Lipinski definition) is 3. The molecule has 0 fully saturated rings. The van der Waals surface area contributed by atoms with Crippen LogP contribution in [0.15, 0.2) is 17.2 Å². The Labute approximate surface area is 89.5 Å². The molecule has 0 radical (unpaired) electrons. The summed E-state index contributed by atoms with van der Waals surface area (Å²) in [5.74, 6) is -0.0566. The summed E-state index contributed by atoms with van der Waals surface area (Å²) in [6, 6.07) is 0.998. The molecule has 2 aromatic rings. The Bertz CT molecular complexity index is 585. The van der Waals surface area contributed by atoms with Gasteiger partial charge in [-0.05, 0) is 6.92 Å². The molecule has 1 unspecified atom stereocenters. The lowest BCUT2D eigenvalue weighted by molar-refractivity contribution is -0.118. The molecule has 2 aromatic heterocycles. The van der Waals surface area contributed by atoms with E-state index < -0.39 is 11.9 Å². The van der Waals surface area contributed by atoms with Gasteiger partial charge in [0.25, 0.3) is 0 Å². The van der Waals surface area contributed by atoms with Gasteiger partial charge in [-0.3, -0.25) is 4.79 Å². The van der Waals surface area contributed by atoms with Gasteiger partial charge in [0.05, 0.1) is 0 Å². The van der Waals surface area contributed by atoms with E-state index in [4.69, 9.17) is 5.73 Å². The largest absolute Gasteiger partial charge is 0.368 e. The van der Waals surface area contributed by atoms with Crippen LogP contribution in [-0.2, 0) is 4.79 Å². The summed E-state index contributed by atoms with van der Waals surface area (Å²) in [6.07, 6.45) is 1.32. The first-order valence-electron chi connectivity index (χ1n) is 4.56. The maximum atomic E-state index is 11.1. The number of aromatic nitrogens is 4. The van der Waals surface area contributed by atoms with Crippen molar-refractivity contribution in [1.82, 2.24) is 19.6 Å². The average molecular weight is 222 g/mol. The second-order valence-electron chi connectivity index (χ2n) is 3.30. The maximum absolute atomic E-state index is 11.1. The molecule has 2 rings (SSSR count). The van der Waals surface area contributed by atoms with Crippen molar-refractivity contribution < 1.29 is 4.79 Å². The monoisotopic (exact) mass is 222 g/mol. The molecule has 1 atom stereocenters. The second-order valence-corrected chi connectivity index (χ2v) is 3.30. The van der Waals surface area contributed by atoms with Crippen LogP contribution < -0.4 is 16.7 Å². The highest BCUT2D eigenvalue weighted by Gasteiger charge is 2.09. The highest BCUT2D eigenvalue weighted by Crippen LogP contribution is 2.05. The molecule has 0 saturated heterocycles. The molecule has 1 amide bonds. The number of hydrogen-bond acceptors (Lipinski definition) is 5. The Hall–Kier alpha value is -2.38. The van der Waals surface area contributed by atoms with Crippen molar-refractivity contribution >= 4 is 17.4 Å². The zero-order valence-corrected chi connectivity index (χ0v) is 8.47. The van der Waals surface area contributed by atoms with Crippen LogP contribution in [-0.4, -0.2) is 31.5 Å². The van der Waals surface area contributed by atoms with Crippen LogP contribution in [0.25, 0.3) is 5.65 Å². The minimum Gasteiger partial charge on any atom is -0.368 e. The average Bonchev–Trinajstić information content (AvgIpc) is 2.60. The number of nitrogens with two attached hydrogens (primary N) is 1. The third kappa shape index (κ3) is 1.72. The zero-order chi connectivity index (χ0) is 11.7. The van der Waals surface area contributed by atoms with Gasteiger partial charge in [0, 0.05) is 6.07 Å². The number of anilines is 1. The van der Waals surface area contributed by atoms with E-state index in [0.29, 0.717) is 11.5 Å². The molecule has 0 aliphatic heterocycles. The van der Waals surface area contributed by atoms with Crippen LogP contribution >= 0.6 is 0 Å². The first kappa shape index (κ1) is 10.1. The van der Waals surface area contributed by atoms with E-state index in [-0.39, 0.29) is 5.69 Å². The topological polar surface area (TPSA) is 118 Å². The maximum Gasteiger partial charge on any atom is 0.348 e. The van der Waals surface area contributed by atoms with Gasteiger partial charge in [-0.1, -0.05) is 0 Å². The summed E-state index contributed by atoms with van der Waals surface area (Å²) in [5.41, 5.74) is 5.15. The van der Waals surface area contributed by atoms with Gasteiger partial charge < -0.3 is 11.1 Å². The van der Waals surface area contributed by atoms with Gasteiger partial charge >= 0.3 is 5.69 Å². The molecule has 8 heteroatoms. The smallest absolute Gasteiger partial charge is 0.348 e. The third-order valence-electron chi connectivity index (χ3n) is 2.10. The summed E-state index contributed by atoms with van der Waals surface area (Å²) < 4.78 is 1.25. The summed E-state index contributed by atoms with van der Waals surface area (Å²) >= 11 is 0. The van der Waals surface area contributed by atoms with Crippen molar-refractivity contribution in [2.45, 2.75) is 13.0 Å². The number of rotatable bonds is 3. The number of primary amides is 1. The van der Waals surface area contributed by atoms with Crippen molar-refractivity contribution in [3.63, 3.8) is 0 Å². The fourth-order valence-electron chi connectivity index (χ4n) is 1.18. The first-order valence-corrected chi connectivity index (χ1v) is 4.56. The summed E-state index contributed by atoms with van der Waals surface area (Å²) in [6.45, 7) is 1.62. The highest BCUT2D eigenvalue weighted by atomic mass is 16.2. The van der Waals surface area contributed by atoms with E-state index in [1.54, 1.807) is 6.92 Å². The quantitative estimate of drug-likeness (QED) is 0.596. The molecule has 0 saturated carbocycles. The molecule has 84 valence electrons. The Kier molecular flexibility index (Phi) is 2.31. The van der Waals surface area contributed by atoms with Crippen molar-refractivity contribution in [1.29, 1.82) is 0 Å². The molecule has 0 aromatic carbocycles. The van der Waals surface area contributed by atoms with Gasteiger partial charge in [0.1, 0.15) is 18.2 Å². The van der Waals surface area contributed by atoms with Crippen LogP contribution in [0.1, 0.15) is 6.92 Å². The van der Waals surface area contributed by atoms with E-state index in [1.165, 1.54) is 16.8 Å². The SMILES string of the molecule is CC(Nc1cc2n[nH]c(=O)n2cn1)C(N)=O. The fourth-order valence-corrected chi connectivity index (χ4v) is 1.18. The summed E-state index contributed by atoms with van der Waals surface area (Å²) in [5, 5.41) is 8.83. The predicted octanol–water partition coefficient (Wildman–Crippen LogP) is -1.30. The molecule has 8 nitrogen and oxygen atoms in total. The summed E-state index contributed by atoms with van der Waals surface area (Å²) in [7, 11) is 0. The summed E-state index contributed by atoms with van der Waals surface area (Å²) in [4.78, 5) is 25.9. The Morgan fingerprint density at radius 3 is 3.12 bits per heavy atom. The van der Waals surface area contributed by atoms with Gasteiger partial charge in [0.2, 0.25) is 5.91 Å². The number of nitrogens with one attached hydrogen (secondary N) is 2. The molecule has 0 aliphatic carbocycles. The van der Waals surface area contributed by atoms with Crippen LogP contribution in [0.5, 0.6) is 0 Å². The Morgan fingerprint density at radius 1 is 1.69 bits per heavy atom. The molecule has 2 heterocycles. The molecular weight excluding hydrogens is 212 g/mol. The first-order chi connectivity index (χ1) is 7.58. The Balaban J connectivity index is 2.33. The number of carbonyl (C=O) groups is 1. The number of carbonyl (C=O) groups excluding carboxylic acids is 1. The fraction of sp³-hybridized carbons (Fsp3) is 0.250. The van der Waals surface area contributed by atoms with Crippen molar-refractivity contribution in [2.75, 3.05) is 5.32 Å². The van der Waals surface area contributed by atoms with Crippen molar-refractivity contribution in [3.8, 4) is 0 Å². The van der Waals surface area contributed by atoms with E-state index >= 15 is 0 Å². The molecule has 16 heavy (non-hydrogen) atoms. The third-order valence-corrected chi connectivity index (χ3v) is 2.10. The van der Waals surface area contributed by atoms with E-state index in [0.717, 1.165) is 0 Å². The van der Waals surface area contributed by atoms with E-state index in [1.807, 2.05) is 0 Å². The van der Waals surface area contributed by atoms with Crippen LogP contribution in [0, 0.1) is 0 Å². The standard InChI is InChI=1S/C8H10N6O2/c1-4(7(9)15)11-5-2-6-12-13-8(16)14(6)3-10-5/h2-4,11H,1H3,(H2,9,15)(H,13,16). The van der Waals surface area contributed by atoms with Crippen LogP contribution in [0.3, 0.4) is 0 Å². The normalized spacial score (nSPS) is 12.6. The lowest BCUT2D eigenvalue weighted by Gasteiger charge is -2.09. The molecule has 0 aliphatic rings. The number of H-pyrrole nitrogens is 1. The minimum atomic E-state index is -0.541. The van der Waals surface area contributed by atoms with Gasteiger partial charge in [-0.25, -0.2) is 19.3 Å². The second kappa shape index (κ2) is 3.65. The van der Waals surface area contributed by atoms with Gasteiger partial charge in [-0.15, -0.1) is 0 Å². The van der Waals surface area contributed by atoms with E-state index in [9.17, 15) is 9.59 Å². The molecule has 0 spiro atoms. The minimum absolute atomic E-state index is 0.364. The van der Waals surface area contributed by atoms with E-state index in [2.05, 4.69) is 20.5 Å². The zero-order valence-electron chi connectivity index (χ0n) is 8.47. The lowest BCUT2D eigenvalue weighted by Crippen LogP contribution is -2.32. The van der Waals surface area contributed by atoms with Crippen LogP contribution in [0.4, 0.5) is 5.82 Å². The van der Waals surface area contributed by atoms with Gasteiger partial charge in [0.15, 0.2) is 5.65 Å². The molecule has 4 N–H and O–H groups in total. The number of fused-ring (bicyclic) bond motifs is 1. The van der Waals surface area contributed by atoms with Gasteiger partial charge in [-0.2, -0.15) is 5.10 Å².